The van der Waals surface area contributed by atoms with Crippen LogP contribution >= 0.6 is 15.9 Å². The number of hydrogen-bond acceptors (Lipinski definition) is 2. The predicted octanol–water partition coefficient (Wildman–Crippen LogP) is 2.92. The molecule has 0 unspecified atom stereocenters. The van der Waals surface area contributed by atoms with E-state index in [1.807, 2.05) is 31.7 Å². The number of carbonyl (C=O) groups excluding carboxylic acids is 1. The highest BCUT2D eigenvalue weighted by Gasteiger charge is 2.27. The van der Waals surface area contributed by atoms with Gasteiger partial charge in [0.2, 0.25) is 5.91 Å². The number of hydrogen-bond donors (Lipinski definition) is 1. The Hall–Kier alpha value is -1.03. The van der Waals surface area contributed by atoms with Crippen molar-refractivity contribution in [2.75, 3.05) is 16.8 Å². The lowest BCUT2D eigenvalue weighted by Gasteiger charge is -2.34. The van der Waals surface area contributed by atoms with Gasteiger partial charge in [-0.2, -0.15) is 0 Å². The smallest absolute Gasteiger partial charge is 0.246 e. The van der Waals surface area contributed by atoms with E-state index in [9.17, 15) is 4.79 Å². The number of aryl methyl sites for hydroxylation is 1. The summed E-state index contributed by atoms with van der Waals surface area (Å²) in [5, 5.41) is 3.18. The summed E-state index contributed by atoms with van der Waals surface area (Å²) in [5.74, 6) is 0.125. The number of carbonyl (C=O) groups is 1. The van der Waals surface area contributed by atoms with Gasteiger partial charge in [0.25, 0.3) is 0 Å². The fourth-order valence-electron chi connectivity index (χ4n) is 2.10. The van der Waals surface area contributed by atoms with Crippen molar-refractivity contribution in [1.82, 2.24) is 0 Å². The third kappa shape index (κ3) is 1.82. The average Bonchev–Trinajstić information content (AvgIpc) is 2.15. The molecule has 0 fully saturated rings. The van der Waals surface area contributed by atoms with Crippen LogP contribution in [0.4, 0.5) is 11.4 Å². The Labute approximate surface area is 104 Å². The van der Waals surface area contributed by atoms with E-state index >= 15 is 0 Å². The highest BCUT2D eigenvalue weighted by Crippen LogP contribution is 2.36. The Kier molecular flexibility index (Phi) is 2.93. The average molecular weight is 283 g/mol. The fraction of sp³-hybridized carbons (Fsp3) is 0.417. The van der Waals surface area contributed by atoms with Crippen molar-refractivity contribution in [3.63, 3.8) is 0 Å². The molecule has 1 heterocycles. The Bertz CT molecular complexity index is 443. The van der Waals surface area contributed by atoms with Crippen molar-refractivity contribution in [2.24, 2.45) is 0 Å². The first-order chi connectivity index (χ1) is 7.50. The van der Waals surface area contributed by atoms with E-state index in [-0.39, 0.29) is 11.9 Å². The molecule has 1 aromatic rings. The summed E-state index contributed by atoms with van der Waals surface area (Å²) < 4.78 is 1.01. The molecule has 1 N–H and O–H groups in total. The van der Waals surface area contributed by atoms with Crippen LogP contribution in [0.5, 0.6) is 0 Å². The van der Waals surface area contributed by atoms with Crippen LogP contribution in [-0.2, 0) is 4.79 Å². The van der Waals surface area contributed by atoms with E-state index in [4.69, 9.17) is 0 Å². The topological polar surface area (TPSA) is 32.3 Å². The molecule has 4 heteroatoms. The van der Waals surface area contributed by atoms with Gasteiger partial charge in [-0.3, -0.25) is 4.79 Å². The Balaban J connectivity index is 2.58. The second-order valence-electron chi connectivity index (χ2n) is 4.33. The van der Waals surface area contributed by atoms with Crippen molar-refractivity contribution in [3.8, 4) is 0 Å². The minimum absolute atomic E-state index is 0.125. The quantitative estimate of drug-likeness (QED) is 0.859. The summed E-state index contributed by atoms with van der Waals surface area (Å²) in [6.07, 6.45) is 0. The lowest BCUT2D eigenvalue weighted by atomic mass is 10.1. The van der Waals surface area contributed by atoms with Crippen LogP contribution in [0.1, 0.15) is 19.4 Å². The summed E-state index contributed by atoms with van der Waals surface area (Å²) in [7, 11) is 0. The third-order valence-corrected chi connectivity index (χ3v) is 3.20. The number of nitrogens with one attached hydrogen (secondary N) is 1. The predicted molar refractivity (Wildman–Crippen MR) is 70.0 cm³/mol. The SMILES string of the molecule is Cc1cc(Br)cc2c1NCC(=O)N2C(C)C. The van der Waals surface area contributed by atoms with Crippen LogP contribution in [0.3, 0.4) is 0 Å². The fourth-order valence-corrected chi connectivity index (χ4v) is 2.66. The maximum atomic E-state index is 11.9. The molecule has 86 valence electrons. The normalized spacial score (nSPS) is 15.1. The van der Waals surface area contributed by atoms with Gasteiger partial charge >= 0.3 is 0 Å². The van der Waals surface area contributed by atoms with Crippen molar-refractivity contribution in [2.45, 2.75) is 26.8 Å². The number of benzene rings is 1. The van der Waals surface area contributed by atoms with Crippen LogP contribution in [0.25, 0.3) is 0 Å². The minimum Gasteiger partial charge on any atom is -0.374 e. The molecule has 16 heavy (non-hydrogen) atoms. The zero-order valence-electron chi connectivity index (χ0n) is 9.67. The van der Waals surface area contributed by atoms with Gasteiger partial charge in [0.05, 0.1) is 17.9 Å². The summed E-state index contributed by atoms with van der Waals surface area (Å²) in [5.41, 5.74) is 3.19. The lowest BCUT2D eigenvalue weighted by Crippen LogP contribution is -2.44. The zero-order chi connectivity index (χ0) is 11.9. The first kappa shape index (κ1) is 11.5. The van der Waals surface area contributed by atoms with Crippen LogP contribution in [0.15, 0.2) is 16.6 Å². The lowest BCUT2D eigenvalue weighted by molar-refractivity contribution is -0.117. The number of halogens is 1. The molecule has 1 aliphatic heterocycles. The van der Waals surface area contributed by atoms with Gasteiger partial charge in [-0.05, 0) is 38.5 Å². The van der Waals surface area contributed by atoms with Crippen LogP contribution < -0.4 is 10.2 Å². The molecule has 0 radical (unpaired) electrons. The van der Waals surface area contributed by atoms with E-state index < -0.39 is 0 Å². The van der Waals surface area contributed by atoms with Gasteiger partial charge in [0.15, 0.2) is 0 Å². The van der Waals surface area contributed by atoms with Gasteiger partial charge in [-0.1, -0.05) is 15.9 Å². The first-order valence-electron chi connectivity index (χ1n) is 5.37. The molecule has 2 rings (SSSR count). The van der Waals surface area contributed by atoms with E-state index in [2.05, 4.69) is 27.3 Å². The van der Waals surface area contributed by atoms with Crippen LogP contribution in [0, 0.1) is 6.92 Å². The maximum Gasteiger partial charge on any atom is 0.246 e. The highest BCUT2D eigenvalue weighted by atomic mass is 79.9. The van der Waals surface area contributed by atoms with Crippen LogP contribution in [0.2, 0.25) is 0 Å². The molecule has 3 nitrogen and oxygen atoms in total. The Morgan fingerprint density at radius 1 is 1.44 bits per heavy atom. The van der Waals surface area contributed by atoms with Crippen molar-refractivity contribution in [3.05, 3.63) is 22.2 Å². The number of amides is 1. The molecule has 1 aliphatic rings. The summed E-state index contributed by atoms with van der Waals surface area (Å²) in [6.45, 7) is 6.49. The molecule has 0 bridgehead atoms. The third-order valence-electron chi connectivity index (χ3n) is 2.74. The van der Waals surface area contributed by atoms with Crippen molar-refractivity contribution < 1.29 is 4.79 Å². The van der Waals surface area contributed by atoms with E-state index in [1.54, 1.807) is 0 Å². The van der Waals surface area contributed by atoms with Gasteiger partial charge in [-0.15, -0.1) is 0 Å². The number of rotatable bonds is 1. The zero-order valence-corrected chi connectivity index (χ0v) is 11.3. The van der Waals surface area contributed by atoms with Gasteiger partial charge in [0.1, 0.15) is 0 Å². The number of fused-ring (bicyclic) bond motifs is 1. The second-order valence-corrected chi connectivity index (χ2v) is 5.24. The number of anilines is 2. The summed E-state index contributed by atoms with van der Waals surface area (Å²) in [4.78, 5) is 13.7. The molecule has 0 aromatic heterocycles. The Morgan fingerprint density at radius 2 is 2.12 bits per heavy atom. The second kappa shape index (κ2) is 4.09. The van der Waals surface area contributed by atoms with Gasteiger partial charge in [0, 0.05) is 10.5 Å². The minimum atomic E-state index is 0.125. The molecule has 1 amide bonds. The van der Waals surface area contributed by atoms with E-state index in [0.29, 0.717) is 6.54 Å². The van der Waals surface area contributed by atoms with E-state index in [1.165, 1.54) is 0 Å². The molecular formula is C12H15BrN2O. The molecule has 1 aromatic carbocycles. The highest BCUT2D eigenvalue weighted by molar-refractivity contribution is 9.10. The van der Waals surface area contributed by atoms with E-state index in [0.717, 1.165) is 21.4 Å². The van der Waals surface area contributed by atoms with Gasteiger partial charge < -0.3 is 10.2 Å². The molecule has 0 aliphatic carbocycles. The molecule has 0 spiro atoms. The van der Waals surface area contributed by atoms with Crippen molar-refractivity contribution >= 4 is 33.2 Å². The first-order valence-corrected chi connectivity index (χ1v) is 6.16. The monoisotopic (exact) mass is 282 g/mol. The molecular weight excluding hydrogens is 268 g/mol. The molecule has 0 saturated heterocycles. The Morgan fingerprint density at radius 3 is 2.75 bits per heavy atom. The van der Waals surface area contributed by atoms with Crippen LogP contribution in [-0.4, -0.2) is 18.5 Å². The number of nitrogens with zero attached hydrogens (tertiary/aromatic N) is 1. The molecule has 0 saturated carbocycles. The summed E-state index contributed by atoms with van der Waals surface area (Å²) >= 11 is 3.47. The largest absolute Gasteiger partial charge is 0.374 e. The van der Waals surface area contributed by atoms with Crippen molar-refractivity contribution in [1.29, 1.82) is 0 Å². The van der Waals surface area contributed by atoms with Gasteiger partial charge in [-0.25, -0.2) is 0 Å². The molecule has 0 atom stereocenters. The summed E-state index contributed by atoms with van der Waals surface area (Å²) in [6, 6.07) is 4.23. The maximum absolute atomic E-state index is 11.9. The standard InChI is InChI=1S/C12H15BrN2O/c1-7(2)15-10-5-9(13)4-8(3)12(10)14-6-11(15)16/h4-5,7,14H,6H2,1-3H3.